The van der Waals surface area contributed by atoms with Gasteiger partial charge in [-0.25, -0.2) is 0 Å². The highest BCUT2D eigenvalue weighted by atomic mass is 32.1. The summed E-state index contributed by atoms with van der Waals surface area (Å²) in [5.41, 5.74) is 4.78. The van der Waals surface area contributed by atoms with Gasteiger partial charge in [-0.1, -0.05) is 60.7 Å². The van der Waals surface area contributed by atoms with Crippen LogP contribution >= 0.6 is 12.2 Å². The van der Waals surface area contributed by atoms with E-state index in [4.69, 9.17) is 12.2 Å². The molecule has 2 aromatic rings. The van der Waals surface area contributed by atoms with Crippen LogP contribution in [0.4, 0.5) is 0 Å². The molecule has 0 unspecified atom stereocenters. The minimum Gasteiger partial charge on any atom is -0.0788 e. The number of rotatable bonds is 2. The molecule has 0 spiro atoms. The first kappa shape index (κ1) is 11.0. The average molecular weight is 226 g/mol. The predicted molar refractivity (Wildman–Crippen MR) is 73.2 cm³/mol. The van der Waals surface area contributed by atoms with E-state index in [9.17, 15) is 0 Å². The van der Waals surface area contributed by atoms with E-state index < -0.39 is 0 Å². The summed E-state index contributed by atoms with van der Waals surface area (Å²) in [6, 6.07) is 16.5. The summed E-state index contributed by atoms with van der Waals surface area (Å²) in [4.78, 5) is 0.941. The highest BCUT2D eigenvalue weighted by Gasteiger charge is 2.08. The fourth-order valence-corrected chi connectivity index (χ4v) is 2.26. The molecular weight excluding hydrogens is 212 g/mol. The molecule has 0 N–H and O–H groups in total. The molecule has 0 fully saturated rings. The number of thiocarbonyl (C=S) groups is 1. The molecule has 2 rings (SSSR count). The highest BCUT2D eigenvalue weighted by molar-refractivity contribution is 7.81. The van der Waals surface area contributed by atoms with E-state index in [2.05, 4.69) is 38.1 Å². The lowest BCUT2D eigenvalue weighted by molar-refractivity contribution is 1.42. The van der Waals surface area contributed by atoms with Crippen LogP contribution in [0.2, 0.25) is 0 Å². The van der Waals surface area contributed by atoms with Gasteiger partial charge < -0.3 is 0 Å². The SMILES string of the molecule is Cc1ccccc1C(=S)c1ccccc1C. The van der Waals surface area contributed by atoms with E-state index >= 15 is 0 Å². The minimum atomic E-state index is 0.941. The molecule has 0 heterocycles. The monoisotopic (exact) mass is 226 g/mol. The maximum absolute atomic E-state index is 5.56. The Morgan fingerprint density at radius 2 is 1.12 bits per heavy atom. The highest BCUT2D eigenvalue weighted by Crippen LogP contribution is 2.17. The van der Waals surface area contributed by atoms with Crippen LogP contribution in [0.3, 0.4) is 0 Å². The molecule has 1 heteroatoms. The maximum Gasteiger partial charge on any atom is 0.0527 e. The van der Waals surface area contributed by atoms with Gasteiger partial charge in [0.1, 0.15) is 0 Å². The molecule has 0 nitrogen and oxygen atoms in total. The van der Waals surface area contributed by atoms with Gasteiger partial charge in [0, 0.05) is 0 Å². The Balaban J connectivity index is 2.48. The smallest absolute Gasteiger partial charge is 0.0527 e. The minimum absolute atomic E-state index is 0.941. The first-order valence-corrected chi connectivity index (χ1v) is 5.77. The van der Waals surface area contributed by atoms with Crippen LogP contribution in [-0.4, -0.2) is 4.86 Å². The molecule has 0 saturated carbocycles. The van der Waals surface area contributed by atoms with Gasteiger partial charge in [0.15, 0.2) is 0 Å². The third-order valence-corrected chi connectivity index (χ3v) is 3.22. The molecule has 0 aliphatic heterocycles. The van der Waals surface area contributed by atoms with E-state index in [1.807, 2.05) is 24.3 Å². The van der Waals surface area contributed by atoms with E-state index in [1.54, 1.807) is 0 Å². The summed E-state index contributed by atoms with van der Waals surface area (Å²) in [7, 11) is 0. The number of aryl methyl sites for hydroxylation is 2. The fraction of sp³-hybridized carbons (Fsp3) is 0.133. The summed E-state index contributed by atoms with van der Waals surface area (Å²) in [6.07, 6.45) is 0. The lowest BCUT2D eigenvalue weighted by Crippen LogP contribution is -2.03. The van der Waals surface area contributed by atoms with Gasteiger partial charge in [-0.05, 0) is 36.1 Å². The maximum atomic E-state index is 5.56. The molecular formula is C15H14S. The van der Waals surface area contributed by atoms with Crippen molar-refractivity contribution < 1.29 is 0 Å². The second-order valence-corrected chi connectivity index (χ2v) is 4.37. The summed E-state index contributed by atoms with van der Waals surface area (Å²) in [5, 5.41) is 0. The Kier molecular flexibility index (Phi) is 3.16. The largest absolute Gasteiger partial charge is 0.0788 e. The number of benzene rings is 2. The van der Waals surface area contributed by atoms with E-state index in [1.165, 1.54) is 11.1 Å². The van der Waals surface area contributed by atoms with E-state index in [-0.39, 0.29) is 0 Å². The molecule has 0 aliphatic rings. The van der Waals surface area contributed by atoms with Crippen LogP contribution in [0, 0.1) is 13.8 Å². The van der Waals surface area contributed by atoms with Crippen LogP contribution in [0.5, 0.6) is 0 Å². The molecule has 0 radical (unpaired) electrons. The predicted octanol–water partition coefficient (Wildman–Crippen LogP) is 4.07. The van der Waals surface area contributed by atoms with Gasteiger partial charge in [0.25, 0.3) is 0 Å². The molecule has 2 aromatic carbocycles. The third kappa shape index (κ3) is 2.05. The van der Waals surface area contributed by atoms with Crippen LogP contribution in [0.15, 0.2) is 48.5 Å². The van der Waals surface area contributed by atoms with Gasteiger partial charge >= 0.3 is 0 Å². The first-order valence-electron chi connectivity index (χ1n) is 5.36. The molecule has 0 saturated heterocycles. The zero-order valence-corrected chi connectivity index (χ0v) is 10.3. The van der Waals surface area contributed by atoms with Crippen LogP contribution in [0.1, 0.15) is 22.3 Å². The Morgan fingerprint density at radius 3 is 1.50 bits per heavy atom. The second kappa shape index (κ2) is 4.58. The zero-order chi connectivity index (χ0) is 11.5. The van der Waals surface area contributed by atoms with Crippen molar-refractivity contribution in [1.82, 2.24) is 0 Å². The average Bonchev–Trinajstić information content (AvgIpc) is 2.29. The van der Waals surface area contributed by atoms with Crippen molar-refractivity contribution >= 4 is 17.1 Å². The van der Waals surface area contributed by atoms with Gasteiger partial charge in [-0.3, -0.25) is 0 Å². The lowest BCUT2D eigenvalue weighted by Gasteiger charge is -2.09. The van der Waals surface area contributed by atoms with Crippen LogP contribution < -0.4 is 0 Å². The van der Waals surface area contributed by atoms with Crippen LogP contribution in [-0.2, 0) is 0 Å². The Hall–Kier alpha value is -1.47. The first-order chi connectivity index (χ1) is 7.70. The Bertz CT molecular complexity index is 479. The van der Waals surface area contributed by atoms with Crippen molar-refractivity contribution in [2.45, 2.75) is 13.8 Å². The summed E-state index contributed by atoms with van der Waals surface area (Å²) in [6.45, 7) is 4.19. The number of hydrogen-bond acceptors (Lipinski definition) is 1. The molecule has 0 bridgehead atoms. The van der Waals surface area contributed by atoms with Crippen molar-refractivity contribution in [3.05, 3.63) is 70.8 Å². The van der Waals surface area contributed by atoms with Gasteiger partial charge in [0.2, 0.25) is 0 Å². The van der Waals surface area contributed by atoms with Gasteiger partial charge in [0.05, 0.1) is 4.86 Å². The quantitative estimate of drug-likeness (QED) is 0.549. The molecule has 0 atom stereocenters. The van der Waals surface area contributed by atoms with Crippen molar-refractivity contribution in [3.8, 4) is 0 Å². The van der Waals surface area contributed by atoms with Gasteiger partial charge in [-0.2, -0.15) is 0 Å². The van der Waals surface area contributed by atoms with Crippen molar-refractivity contribution in [2.75, 3.05) is 0 Å². The summed E-state index contributed by atoms with van der Waals surface area (Å²) < 4.78 is 0. The van der Waals surface area contributed by atoms with E-state index in [0.717, 1.165) is 16.0 Å². The molecule has 0 aromatic heterocycles. The van der Waals surface area contributed by atoms with Gasteiger partial charge in [-0.15, -0.1) is 0 Å². The Morgan fingerprint density at radius 1 is 0.750 bits per heavy atom. The molecule has 16 heavy (non-hydrogen) atoms. The molecule has 80 valence electrons. The van der Waals surface area contributed by atoms with E-state index in [0.29, 0.717) is 0 Å². The van der Waals surface area contributed by atoms with Crippen molar-refractivity contribution in [2.24, 2.45) is 0 Å². The van der Waals surface area contributed by atoms with Crippen LogP contribution in [0.25, 0.3) is 0 Å². The molecule has 0 aliphatic carbocycles. The van der Waals surface area contributed by atoms with Crippen molar-refractivity contribution in [1.29, 1.82) is 0 Å². The normalized spacial score (nSPS) is 10.1. The summed E-state index contributed by atoms with van der Waals surface area (Å²) >= 11 is 5.56. The number of hydrogen-bond donors (Lipinski definition) is 0. The fourth-order valence-electron chi connectivity index (χ4n) is 1.80. The standard InChI is InChI=1S/C15H14S/c1-11-7-3-5-9-13(11)15(16)14-10-6-4-8-12(14)2/h3-10H,1-2H3. The van der Waals surface area contributed by atoms with Crippen molar-refractivity contribution in [3.63, 3.8) is 0 Å². The second-order valence-electron chi connectivity index (χ2n) is 3.96. The zero-order valence-electron chi connectivity index (χ0n) is 9.53. The Labute approximate surface area is 102 Å². The lowest BCUT2D eigenvalue weighted by atomic mass is 9.97. The topological polar surface area (TPSA) is 0 Å². The summed E-state index contributed by atoms with van der Waals surface area (Å²) in [5.74, 6) is 0. The third-order valence-electron chi connectivity index (χ3n) is 2.78. The molecule has 0 amide bonds.